The fourth-order valence-electron chi connectivity index (χ4n) is 4.18. The summed E-state index contributed by atoms with van der Waals surface area (Å²) in [4.78, 5) is 0. The molecule has 3 rings (SSSR count). The molecule has 2 fully saturated rings. The summed E-state index contributed by atoms with van der Waals surface area (Å²) in [7, 11) is 0. The Morgan fingerprint density at radius 2 is 1.64 bits per heavy atom. The fourth-order valence-corrected chi connectivity index (χ4v) is 4.18. The largest absolute Gasteiger partial charge is 0.348 e. The van der Waals surface area contributed by atoms with Crippen molar-refractivity contribution in [1.82, 2.24) is 0 Å². The van der Waals surface area contributed by atoms with E-state index in [1.165, 1.54) is 44.6 Å². The van der Waals surface area contributed by atoms with Gasteiger partial charge in [0.2, 0.25) is 0 Å². The van der Waals surface area contributed by atoms with Gasteiger partial charge in [0.1, 0.15) is 23.3 Å². The molecule has 1 heterocycles. The molecule has 0 aromatic heterocycles. The quantitative estimate of drug-likeness (QED) is 0.759. The molecule has 1 aliphatic heterocycles. The first-order chi connectivity index (χ1) is 12.1. The number of hydrogen-bond acceptors (Lipinski definition) is 3. The van der Waals surface area contributed by atoms with Gasteiger partial charge in [0.25, 0.3) is 0 Å². The minimum Gasteiger partial charge on any atom is -0.348 e. The van der Waals surface area contributed by atoms with E-state index in [1.807, 2.05) is 0 Å². The molecule has 3 nitrogen and oxygen atoms in total. The van der Waals surface area contributed by atoms with Crippen molar-refractivity contribution >= 4 is 0 Å². The number of benzene rings is 1. The Hall–Kier alpha value is -1.51. The Morgan fingerprint density at radius 3 is 2.16 bits per heavy atom. The zero-order chi connectivity index (χ0) is 17.8. The van der Waals surface area contributed by atoms with Crippen LogP contribution in [0.4, 0.5) is 8.78 Å². The van der Waals surface area contributed by atoms with Gasteiger partial charge in [0.05, 0.1) is 13.2 Å². The highest BCUT2D eigenvalue weighted by molar-refractivity contribution is 5.35. The average Bonchev–Trinajstić information content (AvgIpc) is 2.62. The first-order valence-corrected chi connectivity index (χ1v) is 9.24. The van der Waals surface area contributed by atoms with E-state index in [9.17, 15) is 8.78 Å². The summed E-state index contributed by atoms with van der Waals surface area (Å²) < 4.78 is 39.0. The topological polar surface area (TPSA) is 42.2 Å². The van der Waals surface area contributed by atoms with E-state index in [0.717, 1.165) is 18.1 Å². The molecule has 2 aliphatic rings. The van der Waals surface area contributed by atoms with Crippen LogP contribution in [0.2, 0.25) is 0 Å². The van der Waals surface area contributed by atoms with Crippen LogP contribution in [-0.4, -0.2) is 13.2 Å². The Bertz CT molecular complexity index is 604. The van der Waals surface area contributed by atoms with Crippen LogP contribution in [-0.2, 0) is 9.47 Å². The van der Waals surface area contributed by atoms with Crippen LogP contribution < -0.4 is 0 Å². The van der Waals surface area contributed by atoms with Gasteiger partial charge in [-0.1, -0.05) is 32.6 Å². The van der Waals surface area contributed by atoms with Gasteiger partial charge in [0.15, 0.2) is 6.29 Å². The van der Waals surface area contributed by atoms with E-state index >= 15 is 0 Å². The standard InChI is InChI=1S/C20H25F2NO2/c1-2-3-13-4-6-14(7-5-13)16-11-24-20(25-12-16)15-8-18(21)17(10-23)19(22)9-15/h8-9,13-14,16,20H,2-7,11-12H2,1H3. The van der Waals surface area contributed by atoms with Crippen LogP contribution in [0.3, 0.4) is 0 Å². The van der Waals surface area contributed by atoms with Crippen molar-refractivity contribution in [1.29, 1.82) is 5.26 Å². The van der Waals surface area contributed by atoms with Gasteiger partial charge in [-0.05, 0) is 36.8 Å². The van der Waals surface area contributed by atoms with E-state index in [0.29, 0.717) is 30.6 Å². The van der Waals surface area contributed by atoms with E-state index in [1.54, 1.807) is 0 Å². The number of rotatable bonds is 4. The third-order valence-electron chi connectivity index (χ3n) is 5.63. The van der Waals surface area contributed by atoms with Gasteiger partial charge in [-0.25, -0.2) is 8.78 Å². The van der Waals surface area contributed by atoms with Crippen molar-refractivity contribution in [3.63, 3.8) is 0 Å². The molecular formula is C20H25F2NO2. The van der Waals surface area contributed by atoms with Gasteiger partial charge >= 0.3 is 0 Å². The molecule has 1 saturated heterocycles. The number of halogens is 2. The predicted molar refractivity (Wildman–Crippen MR) is 89.6 cm³/mol. The third-order valence-corrected chi connectivity index (χ3v) is 5.63. The van der Waals surface area contributed by atoms with Crippen LogP contribution in [0.15, 0.2) is 12.1 Å². The summed E-state index contributed by atoms with van der Waals surface area (Å²) in [5.41, 5.74) is -0.277. The summed E-state index contributed by atoms with van der Waals surface area (Å²) >= 11 is 0. The van der Waals surface area contributed by atoms with Crippen molar-refractivity contribution in [3.05, 3.63) is 34.9 Å². The van der Waals surface area contributed by atoms with Crippen molar-refractivity contribution < 1.29 is 18.3 Å². The van der Waals surface area contributed by atoms with Gasteiger partial charge in [0, 0.05) is 11.5 Å². The lowest BCUT2D eigenvalue weighted by atomic mass is 9.75. The highest BCUT2D eigenvalue weighted by atomic mass is 19.1. The van der Waals surface area contributed by atoms with E-state index in [-0.39, 0.29) is 0 Å². The van der Waals surface area contributed by atoms with Gasteiger partial charge in [-0.2, -0.15) is 5.26 Å². The molecule has 0 spiro atoms. The summed E-state index contributed by atoms with van der Waals surface area (Å²) in [6, 6.07) is 3.78. The summed E-state index contributed by atoms with van der Waals surface area (Å²) in [6.45, 7) is 3.35. The van der Waals surface area contributed by atoms with Crippen LogP contribution in [0.5, 0.6) is 0 Å². The molecule has 0 N–H and O–H groups in total. The highest BCUT2D eigenvalue weighted by Gasteiger charge is 2.32. The molecule has 1 aromatic carbocycles. The monoisotopic (exact) mass is 349 g/mol. The minimum atomic E-state index is -0.874. The average molecular weight is 349 g/mol. The fraction of sp³-hybridized carbons (Fsp3) is 0.650. The molecule has 1 saturated carbocycles. The van der Waals surface area contributed by atoms with E-state index < -0.39 is 23.5 Å². The van der Waals surface area contributed by atoms with Crippen molar-refractivity contribution in [2.24, 2.45) is 17.8 Å². The molecule has 25 heavy (non-hydrogen) atoms. The molecule has 0 atom stereocenters. The van der Waals surface area contributed by atoms with E-state index in [2.05, 4.69) is 6.92 Å². The third kappa shape index (κ3) is 4.19. The minimum absolute atomic E-state index is 0.291. The molecule has 0 unspecified atom stereocenters. The predicted octanol–water partition coefficient (Wildman–Crippen LogP) is 5.10. The maximum absolute atomic E-state index is 13.8. The second-order valence-electron chi connectivity index (χ2n) is 7.30. The SMILES string of the molecule is CCCC1CCC(C2COC(c3cc(F)c(C#N)c(F)c3)OC2)CC1. The zero-order valence-corrected chi connectivity index (χ0v) is 14.6. The first-order valence-electron chi connectivity index (χ1n) is 9.24. The molecule has 1 aliphatic carbocycles. The molecule has 136 valence electrons. The summed E-state index contributed by atoms with van der Waals surface area (Å²) in [5.74, 6) is 0.0848. The van der Waals surface area contributed by atoms with Crippen LogP contribution in [0, 0.1) is 40.7 Å². The number of hydrogen-bond donors (Lipinski definition) is 0. The lowest BCUT2D eigenvalue weighted by Gasteiger charge is -2.37. The van der Waals surface area contributed by atoms with Gasteiger partial charge < -0.3 is 9.47 Å². The summed E-state index contributed by atoms with van der Waals surface area (Å²) in [5, 5.41) is 8.74. The Kier molecular flexibility index (Phi) is 6.03. The molecule has 5 heteroatoms. The first kappa shape index (κ1) is 18.3. The molecule has 0 bridgehead atoms. The maximum Gasteiger partial charge on any atom is 0.184 e. The smallest absolute Gasteiger partial charge is 0.184 e. The zero-order valence-electron chi connectivity index (χ0n) is 14.6. The Labute approximate surface area is 147 Å². The molecule has 0 radical (unpaired) electrons. The van der Waals surface area contributed by atoms with Crippen molar-refractivity contribution in [3.8, 4) is 6.07 Å². The van der Waals surface area contributed by atoms with Crippen LogP contribution in [0.25, 0.3) is 0 Å². The van der Waals surface area contributed by atoms with Crippen molar-refractivity contribution in [2.45, 2.75) is 51.7 Å². The highest BCUT2D eigenvalue weighted by Crippen LogP contribution is 2.38. The number of nitriles is 1. The van der Waals surface area contributed by atoms with Gasteiger partial charge in [-0.3, -0.25) is 0 Å². The number of ether oxygens (including phenoxy) is 2. The lowest BCUT2D eigenvalue weighted by molar-refractivity contribution is -0.215. The number of nitrogens with zero attached hydrogens (tertiary/aromatic N) is 1. The van der Waals surface area contributed by atoms with Crippen molar-refractivity contribution in [2.75, 3.05) is 13.2 Å². The maximum atomic E-state index is 13.8. The second kappa shape index (κ2) is 8.25. The second-order valence-corrected chi connectivity index (χ2v) is 7.30. The lowest BCUT2D eigenvalue weighted by Crippen LogP contribution is -2.34. The Morgan fingerprint density at radius 1 is 1.04 bits per heavy atom. The van der Waals surface area contributed by atoms with Crippen LogP contribution >= 0.6 is 0 Å². The normalized spacial score (nSPS) is 30.0. The van der Waals surface area contributed by atoms with E-state index in [4.69, 9.17) is 14.7 Å². The van der Waals surface area contributed by atoms with Gasteiger partial charge in [-0.15, -0.1) is 0 Å². The van der Waals surface area contributed by atoms with Crippen LogP contribution in [0.1, 0.15) is 62.9 Å². The molecule has 1 aromatic rings. The summed E-state index contributed by atoms with van der Waals surface area (Å²) in [6.07, 6.45) is 6.81. The Balaban J connectivity index is 1.55. The molecule has 0 amide bonds. The molecular weight excluding hydrogens is 324 g/mol.